The van der Waals surface area contributed by atoms with E-state index >= 15 is 0 Å². The molecule has 0 aromatic carbocycles. The zero-order valence-electron chi connectivity index (χ0n) is 14.3. The van der Waals surface area contributed by atoms with Crippen LogP contribution in [-0.4, -0.2) is 11.9 Å². The summed E-state index contributed by atoms with van der Waals surface area (Å²) in [6, 6.07) is 0.381. The van der Waals surface area contributed by atoms with Crippen molar-refractivity contribution in [2.75, 3.05) is 0 Å². The molecule has 0 atom stereocenters. The van der Waals surface area contributed by atoms with Gasteiger partial charge < -0.3 is 5.32 Å². The van der Waals surface area contributed by atoms with Crippen molar-refractivity contribution in [3.63, 3.8) is 0 Å². The van der Waals surface area contributed by atoms with Crippen molar-refractivity contribution in [1.82, 2.24) is 5.32 Å². The van der Waals surface area contributed by atoms with E-state index in [1.165, 1.54) is 83.1 Å². The predicted octanol–water partition coefficient (Wildman–Crippen LogP) is 5.38. The number of carbonyl (C=O) groups is 1. The fourth-order valence-corrected chi connectivity index (χ4v) is 4.55. The molecule has 0 saturated heterocycles. The molecule has 2 aliphatic carbocycles. The van der Waals surface area contributed by atoms with Gasteiger partial charge in [-0.05, 0) is 30.8 Å². The Bertz CT molecular complexity index is 319. The first kappa shape index (κ1) is 17.6. The SMILES string of the molecule is C=CC(=O)NC1CCCC(C2CCCCCCCC2)CCC1. The molecule has 22 heavy (non-hydrogen) atoms. The molecule has 2 aliphatic rings. The molecule has 0 bridgehead atoms. The molecule has 0 aromatic rings. The molecule has 0 unspecified atom stereocenters. The van der Waals surface area contributed by atoms with Crippen LogP contribution in [0, 0.1) is 11.8 Å². The van der Waals surface area contributed by atoms with Crippen molar-refractivity contribution in [2.45, 2.75) is 95.9 Å². The van der Waals surface area contributed by atoms with Gasteiger partial charge in [0.1, 0.15) is 0 Å². The second kappa shape index (κ2) is 10.1. The van der Waals surface area contributed by atoms with Gasteiger partial charge in [-0.15, -0.1) is 0 Å². The first-order valence-electron chi connectivity index (χ1n) is 9.72. The maximum Gasteiger partial charge on any atom is 0.243 e. The van der Waals surface area contributed by atoms with Crippen LogP contribution in [0.15, 0.2) is 12.7 Å². The van der Waals surface area contributed by atoms with E-state index in [0.29, 0.717) is 6.04 Å². The first-order chi connectivity index (χ1) is 10.8. The smallest absolute Gasteiger partial charge is 0.243 e. The van der Waals surface area contributed by atoms with Crippen molar-refractivity contribution >= 4 is 5.91 Å². The molecule has 2 nitrogen and oxygen atoms in total. The van der Waals surface area contributed by atoms with Crippen LogP contribution >= 0.6 is 0 Å². The van der Waals surface area contributed by atoms with Gasteiger partial charge in [0.2, 0.25) is 5.91 Å². The number of amides is 1. The molecule has 0 aromatic heterocycles. The Kier molecular flexibility index (Phi) is 8.04. The average Bonchev–Trinajstić information content (AvgIpc) is 2.63. The molecule has 2 rings (SSSR count). The fourth-order valence-electron chi connectivity index (χ4n) is 4.55. The van der Waals surface area contributed by atoms with Gasteiger partial charge in [0.15, 0.2) is 0 Å². The number of rotatable bonds is 3. The van der Waals surface area contributed by atoms with Gasteiger partial charge in [-0.25, -0.2) is 0 Å². The van der Waals surface area contributed by atoms with Crippen LogP contribution in [-0.2, 0) is 4.79 Å². The molecule has 0 radical (unpaired) electrons. The van der Waals surface area contributed by atoms with Crippen LogP contribution in [0.5, 0.6) is 0 Å². The maximum absolute atomic E-state index is 11.5. The Morgan fingerprint density at radius 1 is 0.727 bits per heavy atom. The Morgan fingerprint density at radius 2 is 1.18 bits per heavy atom. The van der Waals surface area contributed by atoms with Crippen LogP contribution in [0.3, 0.4) is 0 Å². The molecule has 2 fully saturated rings. The summed E-state index contributed by atoms with van der Waals surface area (Å²) in [7, 11) is 0. The maximum atomic E-state index is 11.5. The summed E-state index contributed by atoms with van der Waals surface area (Å²) in [6.45, 7) is 3.55. The summed E-state index contributed by atoms with van der Waals surface area (Å²) in [4.78, 5) is 11.5. The van der Waals surface area contributed by atoms with E-state index in [9.17, 15) is 4.79 Å². The van der Waals surface area contributed by atoms with Gasteiger partial charge in [0.25, 0.3) is 0 Å². The van der Waals surface area contributed by atoms with E-state index in [0.717, 1.165) is 24.7 Å². The monoisotopic (exact) mass is 305 g/mol. The first-order valence-corrected chi connectivity index (χ1v) is 9.72. The largest absolute Gasteiger partial charge is 0.350 e. The molecule has 1 N–H and O–H groups in total. The highest BCUT2D eigenvalue weighted by Crippen LogP contribution is 2.35. The average molecular weight is 306 g/mol. The highest BCUT2D eigenvalue weighted by molar-refractivity contribution is 5.87. The number of nitrogens with one attached hydrogen (secondary N) is 1. The third kappa shape index (κ3) is 6.14. The predicted molar refractivity (Wildman–Crippen MR) is 93.7 cm³/mol. The summed E-state index contributed by atoms with van der Waals surface area (Å²) >= 11 is 0. The van der Waals surface area contributed by atoms with Crippen LogP contribution in [0.4, 0.5) is 0 Å². The van der Waals surface area contributed by atoms with Crippen LogP contribution in [0.1, 0.15) is 89.9 Å². The van der Waals surface area contributed by atoms with Crippen LogP contribution < -0.4 is 5.32 Å². The molecule has 0 aliphatic heterocycles. The summed E-state index contributed by atoms with van der Waals surface area (Å²) in [6.07, 6.45) is 20.7. The third-order valence-electron chi connectivity index (χ3n) is 5.85. The minimum atomic E-state index is -0.00149. The Labute approximate surface area is 137 Å². The van der Waals surface area contributed by atoms with Crippen molar-refractivity contribution in [3.05, 3.63) is 12.7 Å². The molecular formula is C20H35NO. The summed E-state index contributed by atoms with van der Waals surface area (Å²) in [5.41, 5.74) is 0. The number of carbonyl (C=O) groups excluding carboxylic acids is 1. The van der Waals surface area contributed by atoms with Crippen LogP contribution in [0.2, 0.25) is 0 Å². The molecule has 0 heterocycles. The van der Waals surface area contributed by atoms with E-state index < -0.39 is 0 Å². The van der Waals surface area contributed by atoms with Gasteiger partial charge in [-0.2, -0.15) is 0 Å². The highest BCUT2D eigenvalue weighted by atomic mass is 16.1. The topological polar surface area (TPSA) is 29.1 Å². The Morgan fingerprint density at radius 3 is 1.68 bits per heavy atom. The number of hydrogen-bond donors (Lipinski definition) is 1. The van der Waals surface area contributed by atoms with E-state index in [1.54, 1.807) is 0 Å². The van der Waals surface area contributed by atoms with Gasteiger partial charge >= 0.3 is 0 Å². The van der Waals surface area contributed by atoms with Gasteiger partial charge in [-0.1, -0.05) is 83.6 Å². The van der Waals surface area contributed by atoms with Crippen molar-refractivity contribution < 1.29 is 4.79 Å². The lowest BCUT2D eigenvalue weighted by atomic mass is 9.77. The molecule has 0 spiro atoms. The lowest BCUT2D eigenvalue weighted by Gasteiger charge is -2.31. The Hall–Kier alpha value is -0.790. The Balaban J connectivity index is 1.79. The minimum Gasteiger partial charge on any atom is -0.350 e. The normalized spacial score (nSPS) is 29.3. The quantitative estimate of drug-likeness (QED) is 0.697. The summed E-state index contributed by atoms with van der Waals surface area (Å²) < 4.78 is 0. The third-order valence-corrected chi connectivity index (χ3v) is 5.85. The molecule has 2 saturated carbocycles. The van der Waals surface area contributed by atoms with Crippen molar-refractivity contribution in [2.24, 2.45) is 11.8 Å². The highest BCUT2D eigenvalue weighted by Gasteiger charge is 2.24. The van der Waals surface area contributed by atoms with Crippen LogP contribution in [0.25, 0.3) is 0 Å². The standard InChI is InChI=1S/C20H35NO/c1-2-20(22)21-19-15-9-13-18(14-10-16-19)17-11-7-5-3-4-6-8-12-17/h2,17-19H,1,3-16H2,(H,21,22). The second-order valence-electron chi connectivity index (χ2n) is 7.49. The fraction of sp³-hybridized carbons (Fsp3) is 0.850. The molecule has 2 heteroatoms. The van der Waals surface area contributed by atoms with Crippen molar-refractivity contribution in [3.8, 4) is 0 Å². The summed E-state index contributed by atoms with van der Waals surface area (Å²) in [5.74, 6) is 1.94. The van der Waals surface area contributed by atoms with Gasteiger partial charge in [0, 0.05) is 6.04 Å². The van der Waals surface area contributed by atoms with E-state index in [2.05, 4.69) is 11.9 Å². The van der Waals surface area contributed by atoms with Gasteiger partial charge in [-0.3, -0.25) is 4.79 Å². The lowest BCUT2D eigenvalue weighted by molar-refractivity contribution is -0.117. The zero-order chi connectivity index (χ0) is 15.6. The lowest BCUT2D eigenvalue weighted by Crippen LogP contribution is -2.34. The minimum absolute atomic E-state index is 0.00149. The van der Waals surface area contributed by atoms with E-state index in [4.69, 9.17) is 0 Å². The summed E-state index contributed by atoms with van der Waals surface area (Å²) in [5, 5.41) is 3.10. The second-order valence-corrected chi connectivity index (χ2v) is 7.49. The molecular weight excluding hydrogens is 270 g/mol. The van der Waals surface area contributed by atoms with Gasteiger partial charge in [0.05, 0.1) is 0 Å². The van der Waals surface area contributed by atoms with Crippen molar-refractivity contribution in [1.29, 1.82) is 0 Å². The molecule has 126 valence electrons. The van der Waals surface area contributed by atoms with E-state index in [1.807, 2.05) is 0 Å². The van der Waals surface area contributed by atoms with E-state index in [-0.39, 0.29) is 5.91 Å². The number of hydrogen-bond acceptors (Lipinski definition) is 1. The molecule has 1 amide bonds. The zero-order valence-corrected chi connectivity index (χ0v) is 14.3.